The van der Waals surface area contributed by atoms with E-state index in [1.807, 2.05) is 18.1 Å². The van der Waals surface area contributed by atoms with Crippen LogP contribution in [0.5, 0.6) is 0 Å². The van der Waals surface area contributed by atoms with Crippen molar-refractivity contribution in [3.05, 3.63) is 71.5 Å². The highest BCUT2D eigenvalue weighted by Gasteiger charge is 2.33. The molecule has 2 heterocycles. The van der Waals surface area contributed by atoms with Gasteiger partial charge in [0, 0.05) is 36.4 Å². The fourth-order valence-electron chi connectivity index (χ4n) is 3.79. The van der Waals surface area contributed by atoms with Crippen molar-refractivity contribution in [3.63, 3.8) is 0 Å². The largest absolute Gasteiger partial charge is 0.385 e. The number of ether oxygens (including phenoxy) is 1. The van der Waals surface area contributed by atoms with Gasteiger partial charge in [0.1, 0.15) is 5.82 Å². The second-order valence-electron chi connectivity index (χ2n) is 7.58. The van der Waals surface area contributed by atoms with Gasteiger partial charge < -0.3 is 19.5 Å². The van der Waals surface area contributed by atoms with Crippen molar-refractivity contribution in [2.75, 3.05) is 26.5 Å². The number of thiocarbonyl (C=S) groups is 1. The van der Waals surface area contributed by atoms with Gasteiger partial charge in [0.05, 0.1) is 11.6 Å². The lowest BCUT2D eigenvalue weighted by molar-refractivity contribution is 0.188. The van der Waals surface area contributed by atoms with Crippen LogP contribution in [0.3, 0.4) is 0 Å². The normalized spacial score (nSPS) is 16.3. The van der Waals surface area contributed by atoms with Crippen LogP contribution in [0.15, 0.2) is 63.6 Å². The van der Waals surface area contributed by atoms with Gasteiger partial charge in [-0.3, -0.25) is 0 Å². The van der Waals surface area contributed by atoms with E-state index in [9.17, 15) is 4.39 Å². The predicted octanol–water partition coefficient (Wildman–Crippen LogP) is 5.30. The van der Waals surface area contributed by atoms with E-state index in [-0.39, 0.29) is 11.9 Å². The highest BCUT2D eigenvalue weighted by atomic mass is 32.2. The van der Waals surface area contributed by atoms with E-state index in [1.54, 1.807) is 31.0 Å². The summed E-state index contributed by atoms with van der Waals surface area (Å²) in [7, 11) is 1.69. The topological polar surface area (TPSA) is 63.4 Å². The first kappa shape index (κ1) is 23.4. The molecule has 1 unspecified atom stereocenters. The lowest BCUT2D eigenvalue weighted by atomic mass is 9.95. The molecule has 0 fully saturated rings. The first-order valence-corrected chi connectivity index (χ1v) is 12.2. The fraction of sp³-hybridized carbons (Fsp3) is 0.292. The molecule has 33 heavy (non-hydrogen) atoms. The number of hydrogen-bond acceptors (Lipinski definition) is 6. The molecule has 3 aromatic rings. The standard InChI is InChI=1S/C24H25FN4O2S2/c1-15-20(23-27-22(28-31-23)17-5-9-18(25)10-6-17)21(16-7-11-19(33-3)12-8-16)26-24(32)29(15)13-4-14-30-2/h5-12,21H,4,13-14H2,1-3H3,(H,26,32). The Balaban J connectivity index is 1.75. The number of hydrogen-bond donors (Lipinski definition) is 1. The summed E-state index contributed by atoms with van der Waals surface area (Å²) in [6.45, 7) is 3.35. The van der Waals surface area contributed by atoms with E-state index in [0.717, 1.165) is 23.3 Å². The maximum atomic E-state index is 13.3. The number of nitrogens with zero attached hydrogens (tertiary/aromatic N) is 3. The molecule has 1 N–H and O–H groups in total. The minimum atomic E-state index is -0.313. The Kier molecular flexibility index (Phi) is 7.42. The first-order chi connectivity index (χ1) is 16.0. The Bertz CT molecular complexity index is 1150. The molecule has 0 saturated carbocycles. The van der Waals surface area contributed by atoms with Gasteiger partial charge in [-0.05, 0) is 73.8 Å². The maximum Gasteiger partial charge on any atom is 0.258 e. The van der Waals surface area contributed by atoms with E-state index in [1.165, 1.54) is 17.0 Å². The van der Waals surface area contributed by atoms with Gasteiger partial charge in [0.15, 0.2) is 5.11 Å². The summed E-state index contributed by atoms with van der Waals surface area (Å²) >= 11 is 7.40. The Morgan fingerprint density at radius 1 is 1.18 bits per heavy atom. The minimum Gasteiger partial charge on any atom is -0.385 e. The molecular weight excluding hydrogens is 459 g/mol. The van der Waals surface area contributed by atoms with E-state index in [0.29, 0.717) is 35.5 Å². The van der Waals surface area contributed by atoms with Crippen LogP contribution in [0.25, 0.3) is 17.0 Å². The number of allylic oxidation sites excluding steroid dienone is 1. The average Bonchev–Trinajstić information content (AvgIpc) is 3.31. The zero-order valence-corrected chi connectivity index (χ0v) is 20.3. The first-order valence-electron chi connectivity index (χ1n) is 10.5. The molecule has 0 aliphatic carbocycles. The van der Waals surface area contributed by atoms with E-state index >= 15 is 0 Å². The maximum absolute atomic E-state index is 13.3. The van der Waals surface area contributed by atoms with Crippen LogP contribution in [0.1, 0.15) is 30.8 Å². The molecule has 1 aromatic heterocycles. The monoisotopic (exact) mass is 484 g/mol. The lowest BCUT2D eigenvalue weighted by Crippen LogP contribution is -2.46. The van der Waals surface area contributed by atoms with Gasteiger partial charge in [-0.1, -0.05) is 17.3 Å². The third kappa shape index (κ3) is 5.10. The molecule has 1 aliphatic heterocycles. The third-order valence-electron chi connectivity index (χ3n) is 5.53. The lowest BCUT2D eigenvalue weighted by Gasteiger charge is -2.37. The highest BCUT2D eigenvalue weighted by molar-refractivity contribution is 7.98. The van der Waals surface area contributed by atoms with Crippen molar-refractivity contribution in [2.45, 2.75) is 24.3 Å². The van der Waals surface area contributed by atoms with E-state index < -0.39 is 0 Å². The highest BCUT2D eigenvalue weighted by Crippen LogP contribution is 2.38. The quantitative estimate of drug-likeness (QED) is 0.263. The van der Waals surface area contributed by atoms with E-state index in [2.05, 4.69) is 39.7 Å². The minimum absolute atomic E-state index is 0.242. The van der Waals surface area contributed by atoms with Crippen molar-refractivity contribution in [1.29, 1.82) is 0 Å². The molecule has 6 nitrogen and oxygen atoms in total. The summed E-state index contributed by atoms with van der Waals surface area (Å²) in [5, 5.41) is 8.26. The van der Waals surface area contributed by atoms with Gasteiger partial charge in [0.25, 0.3) is 5.89 Å². The second-order valence-corrected chi connectivity index (χ2v) is 8.85. The molecule has 1 aliphatic rings. The number of methoxy groups -OCH3 is 1. The van der Waals surface area contributed by atoms with Crippen molar-refractivity contribution in [1.82, 2.24) is 20.4 Å². The van der Waals surface area contributed by atoms with Gasteiger partial charge >= 0.3 is 0 Å². The molecule has 4 rings (SSSR count). The Morgan fingerprint density at radius 2 is 1.91 bits per heavy atom. The molecular formula is C24H25FN4O2S2. The predicted molar refractivity (Wildman–Crippen MR) is 132 cm³/mol. The number of rotatable bonds is 8. The Morgan fingerprint density at radius 3 is 2.58 bits per heavy atom. The fourth-order valence-corrected chi connectivity index (χ4v) is 4.54. The van der Waals surface area contributed by atoms with Crippen molar-refractivity contribution < 1.29 is 13.7 Å². The van der Waals surface area contributed by atoms with Gasteiger partial charge in [-0.25, -0.2) is 4.39 Å². The molecule has 9 heteroatoms. The van der Waals surface area contributed by atoms with Crippen LogP contribution in [-0.4, -0.2) is 46.7 Å². The second kappa shape index (κ2) is 10.5. The number of aromatic nitrogens is 2. The Hall–Kier alpha value is -2.75. The molecule has 0 radical (unpaired) electrons. The summed E-state index contributed by atoms with van der Waals surface area (Å²) in [6.07, 6.45) is 2.87. The zero-order chi connectivity index (χ0) is 23.4. The number of thioether (sulfide) groups is 1. The SMILES string of the molecule is COCCCN1C(=S)NC(c2ccc(SC)cc2)C(c2nc(-c3ccc(F)cc3)no2)=C1C. The van der Waals surface area contributed by atoms with E-state index in [4.69, 9.17) is 21.5 Å². The Labute approximate surface area is 202 Å². The molecule has 2 aromatic carbocycles. The smallest absolute Gasteiger partial charge is 0.258 e. The van der Waals surface area contributed by atoms with Gasteiger partial charge in [-0.2, -0.15) is 4.98 Å². The summed E-state index contributed by atoms with van der Waals surface area (Å²) in [6, 6.07) is 14.1. The average molecular weight is 485 g/mol. The summed E-state index contributed by atoms with van der Waals surface area (Å²) < 4.78 is 24.3. The zero-order valence-electron chi connectivity index (χ0n) is 18.7. The van der Waals surface area contributed by atoms with Crippen molar-refractivity contribution in [3.8, 4) is 11.4 Å². The summed E-state index contributed by atoms with van der Waals surface area (Å²) in [4.78, 5) is 7.87. The summed E-state index contributed by atoms with van der Waals surface area (Å²) in [5.41, 5.74) is 3.53. The molecule has 0 bridgehead atoms. The van der Waals surface area contributed by atoms with Crippen LogP contribution >= 0.6 is 24.0 Å². The number of benzene rings is 2. The third-order valence-corrected chi connectivity index (χ3v) is 6.62. The molecule has 172 valence electrons. The van der Waals surface area contributed by atoms with Crippen LogP contribution in [0.2, 0.25) is 0 Å². The van der Waals surface area contributed by atoms with Crippen LogP contribution in [0, 0.1) is 5.82 Å². The van der Waals surface area contributed by atoms with Gasteiger partial charge in [0.2, 0.25) is 5.82 Å². The number of nitrogens with one attached hydrogen (secondary N) is 1. The van der Waals surface area contributed by atoms with Crippen LogP contribution < -0.4 is 5.32 Å². The van der Waals surface area contributed by atoms with Crippen molar-refractivity contribution >= 4 is 34.7 Å². The molecule has 0 saturated heterocycles. The van der Waals surface area contributed by atoms with Crippen molar-refractivity contribution in [2.24, 2.45) is 0 Å². The molecule has 1 atom stereocenters. The van der Waals surface area contributed by atoms with Crippen LogP contribution in [-0.2, 0) is 4.74 Å². The number of halogens is 1. The molecule has 0 spiro atoms. The van der Waals surface area contributed by atoms with Gasteiger partial charge in [-0.15, -0.1) is 11.8 Å². The summed E-state index contributed by atoms with van der Waals surface area (Å²) in [5.74, 6) is 0.491. The van der Waals surface area contributed by atoms with Crippen LogP contribution in [0.4, 0.5) is 4.39 Å². The molecule has 0 amide bonds.